The molecule has 20 heavy (non-hydrogen) atoms. The Balaban J connectivity index is 2.05. The monoisotopic (exact) mass is 277 g/mol. The Kier molecular flexibility index (Phi) is 4.39. The number of carbonyl (C=O) groups is 2. The molecule has 3 unspecified atom stereocenters. The van der Waals surface area contributed by atoms with E-state index in [1.807, 2.05) is 13.0 Å². The molecular weight excluding hydrogens is 258 g/mol. The fourth-order valence-corrected chi connectivity index (χ4v) is 2.66. The standard InChI is InChI=1S/C15H19NO4/c1-10-9-12(15(19)20)7-8-16(10)14(18)13(17)11-5-3-2-4-6-11/h2-6,10,12-13,17H,7-9H2,1H3,(H,19,20). The van der Waals surface area contributed by atoms with Gasteiger partial charge in [-0.25, -0.2) is 0 Å². The number of rotatable bonds is 3. The largest absolute Gasteiger partial charge is 0.481 e. The number of nitrogens with zero attached hydrogens (tertiary/aromatic N) is 1. The smallest absolute Gasteiger partial charge is 0.306 e. The molecule has 1 heterocycles. The summed E-state index contributed by atoms with van der Waals surface area (Å²) < 4.78 is 0. The van der Waals surface area contributed by atoms with Crippen molar-refractivity contribution < 1.29 is 19.8 Å². The number of likely N-dealkylation sites (tertiary alicyclic amines) is 1. The highest BCUT2D eigenvalue weighted by Crippen LogP contribution is 2.26. The molecule has 1 aromatic rings. The van der Waals surface area contributed by atoms with Gasteiger partial charge in [-0.15, -0.1) is 0 Å². The zero-order valence-electron chi connectivity index (χ0n) is 11.4. The highest BCUT2D eigenvalue weighted by molar-refractivity contribution is 5.82. The summed E-state index contributed by atoms with van der Waals surface area (Å²) in [5.74, 6) is -1.57. The maximum Gasteiger partial charge on any atom is 0.306 e. The first-order valence-corrected chi connectivity index (χ1v) is 6.77. The van der Waals surface area contributed by atoms with Crippen molar-refractivity contribution in [3.05, 3.63) is 35.9 Å². The number of carboxylic acids is 1. The van der Waals surface area contributed by atoms with E-state index in [1.165, 1.54) is 0 Å². The number of carboxylic acid groups (broad SMARTS) is 1. The van der Waals surface area contributed by atoms with E-state index in [0.717, 1.165) is 0 Å². The van der Waals surface area contributed by atoms with Crippen LogP contribution in [-0.2, 0) is 9.59 Å². The molecule has 1 aliphatic heterocycles. The number of piperidine rings is 1. The third kappa shape index (κ3) is 2.99. The van der Waals surface area contributed by atoms with Crippen LogP contribution in [0.2, 0.25) is 0 Å². The van der Waals surface area contributed by atoms with Gasteiger partial charge in [0.25, 0.3) is 5.91 Å². The number of aliphatic carboxylic acids is 1. The molecule has 1 fully saturated rings. The normalized spacial score (nSPS) is 24.2. The van der Waals surface area contributed by atoms with Crippen LogP contribution < -0.4 is 0 Å². The molecule has 0 aromatic heterocycles. The highest BCUT2D eigenvalue weighted by Gasteiger charge is 2.34. The molecular formula is C15H19NO4. The molecule has 0 spiro atoms. The summed E-state index contributed by atoms with van der Waals surface area (Å²) in [4.78, 5) is 24.9. The van der Waals surface area contributed by atoms with E-state index in [2.05, 4.69) is 0 Å². The Labute approximate surface area is 117 Å². The molecule has 3 atom stereocenters. The number of hydrogen-bond donors (Lipinski definition) is 2. The minimum atomic E-state index is -1.18. The van der Waals surface area contributed by atoms with Crippen LogP contribution >= 0.6 is 0 Å². The van der Waals surface area contributed by atoms with Gasteiger partial charge in [0.15, 0.2) is 6.10 Å². The SMILES string of the molecule is CC1CC(C(=O)O)CCN1C(=O)C(O)c1ccccc1. The van der Waals surface area contributed by atoms with Crippen LogP contribution in [0.1, 0.15) is 31.4 Å². The second-order valence-electron chi connectivity index (χ2n) is 5.25. The summed E-state index contributed by atoms with van der Waals surface area (Å²) in [5.41, 5.74) is 0.560. The van der Waals surface area contributed by atoms with Crippen LogP contribution in [-0.4, -0.2) is 39.6 Å². The molecule has 1 aromatic carbocycles. The highest BCUT2D eigenvalue weighted by atomic mass is 16.4. The van der Waals surface area contributed by atoms with E-state index >= 15 is 0 Å². The fourth-order valence-electron chi connectivity index (χ4n) is 2.66. The van der Waals surface area contributed by atoms with Crippen molar-refractivity contribution in [1.29, 1.82) is 0 Å². The molecule has 0 aliphatic carbocycles. The number of carbonyl (C=O) groups excluding carboxylic acids is 1. The Morgan fingerprint density at radius 2 is 1.95 bits per heavy atom. The maximum absolute atomic E-state index is 12.3. The fraction of sp³-hybridized carbons (Fsp3) is 0.467. The summed E-state index contributed by atoms with van der Waals surface area (Å²) in [6.07, 6.45) is -0.310. The molecule has 5 heteroatoms. The number of aliphatic hydroxyl groups is 1. The van der Waals surface area contributed by atoms with E-state index < -0.39 is 18.0 Å². The first-order valence-electron chi connectivity index (χ1n) is 6.77. The molecule has 108 valence electrons. The van der Waals surface area contributed by atoms with E-state index in [0.29, 0.717) is 24.9 Å². The minimum absolute atomic E-state index is 0.171. The van der Waals surface area contributed by atoms with Crippen molar-refractivity contribution >= 4 is 11.9 Å². The van der Waals surface area contributed by atoms with Crippen LogP contribution in [0.15, 0.2) is 30.3 Å². The maximum atomic E-state index is 12.3. The first kappa shape index (κ1) is 14.5. The summed E-state index contributed by atoms with van der Waals surface area (Å²) in [7, 11) is 0. The lowest BCUT2D eigenvalue weighted by molar-refractivity contribution is -0.151. The van der Waals surface area contributed by atoms with Gasteiger partial charge in [0.05, 0.1) is 5.92 Å². The third-order valence-electron chi connectivity index (χ3n) is 3.86. The van der Waals surface area contributed by atoms with Crippen molar-refractivity contribution in [3.63, 3.8) is 0 Å². The van der Waals surface area contributed by atoms with E-state index in [4.69, 9.17) is 5.11 Å². The summed E-state index contributed by atoms with van der Waals surface area (Å²) in [6.45, 7) is 2.20. The van der Waals surface area contributed by atoms with Gasteiger partial charge in [0.1, 0.15) is 0 Å². The van der Waals surface area contributed by atoms with Crippen LogP contribution in [0.4, 0.5) is 0 Å². The lowest BCUT2D eigenvalue weighted by atomic mass is 9.91. The summed E-state index contributed by atoms with van der Waals surface area (Å²) >= 11 is 0. The summed E-state index contributed by atoms with van der Waals surface area (Å²) in [6, 6.07) is 8.60. The van der Waals surface area contributed by atoms with E-state index in [-0.39, 0.29) is 11.9 Å². The van der Waals surface area contributed by atoms with Crippen molar-refractivity contribution in [3.8, 4) is 0 Å². The number of benzene rings is 1. The van der Waals surface area contributed by atoms with Gasteiger partial charge < -0.3 is 15.1 Å². The predicted octanol–water partition coefficient (Wildman–Crippen LogP) is 1.43. The first-order chi connectivity index (χ1) is 9.50. The molecule has 0 radical (unpaired) electrons. The second-order valence-corrected chi connectivity index (χ2v) is 5.25. The minimum Gasteiger partial charge on any atom is -0.481 e. The Morgan fingerprint density at radius 1 is 1.30 bits per heavy atom. The van der Waals surface area contributed by atoms with Crippen LogP contribution in [0.3, 0.4) is 0 Å². The van der Waals surface area contributed by atoms with Gasteiger partial charge in [-0.2, -0.15) is 0 Å². The zero-order valence-corrected chi connectivity index (χ0v) is 11.4. The molecule has 0 bridgehead atoms. The van der Waals surface area contributed by atoms with Gasteiger partial charge in [0.2, 0.25) is 0 Å². The van der Waals surface area contributed by atoms with Crippen molar-refractivity contribution in [2.75, 3.05) is 6.54 Å². The van der Waals surface area contributed by atoms with Crippen molar-refractivity contribution in [2.45, 2.75) is 31.9 Å². The van der Waals surface area contributed by atoms with Gasteiger partial charge in [-0.3, -0.25) is 9.59 Å². The van der Waals surface area contributed by atoms with Gasteiger partial charge in [-0.05, 0) is 25.3 Å². The van der Waals surface area contributed by atoms with E-state index in [1.54, 1.807) is 29.2 Å². The molecule has 0 saturated carbocycles. The van der Waals surface area contributed by atoms with Crippen LogP contribution in [0.5, 0.6) is 0 Å². The number of aliphatic hydroxyl groups excluding tert-OH is 1. The lowest BCUT2D eigenvalue weighted by Gasteiger charge is -2.37. The Morgan fingerprint density at radius 3 is 2.50 bits per heavy atom. The average molecular weight is 277 g/mol. The number of hydrogen-bond acceptors (Lipinski definition) is 3. The quantitative estimate of drug-likeness (QED) is 0.876. The Bertz CT molecular complexity index is 488. The zero-order chi connectivity index (χ0) is 14.7. The number of amides is 1. The van der Waals surface area contributed by atoms with Crippen LogP contribution in [0, 0.1) is 5.92 Å². The molecule has 1 saturated heterocycles. The molecule has 2 rings (SSSR count). The lowest BCUT2D eigenvalue weighted by Crippen LogP contribution is -2.47. The van der Waals surface area contributed by atoms with Crippen molar-refractivity contribution in [1.82, 2.24) is 4.90 Å². The summed E-state index contributed by atoms with van der Waals surface area (Å²) in [5, 5.41) is 19.1. The van der Waals surface area contributed by atoms with E-state index in [9.17, 15) is 14.7 Å². The van der Waals surface area contributed by atoms with Gasteiger partial charge >= 0.3 is 5.97 Å². The van der Waals surface area contributed by atoms with Crippen LogP contribution in [0.25, 0.3) is 0 Å². The molecule has 2 N–H and O–H groups in total. The Hall–Kier alpha value is -1.88. The third-order valence-corrected chi connectivity index (χ3v) is 3.86. The topological polar surface area (TPSA) is 77.8 Å². The average Bonchev–Trinajstić information content (AvgIpc) is 2.46. The second kappa shape index (κ2) is 6.05. The predicted molar refractivity (Wildman–Crippen MR) is 72.9 cm³/mol. The molecule has 1 amide bonds. The van der Waals surface area contributed by atoms with Gasteiger partial charge in [-0.1, -0.05) is 30.3 Å². The molecule has 1 aliphatic rings. The molecule has 5 nitrogen and oxygen atoms in total. The van der Waals surface area contributed by atoms with Gasteiger partial charge in [0, 0.05) is 12.6 Å². The van der Waals surface area contributed by atoms with Crippen molar-refractivity contribution in [2.24, 2.45) is 5.92 Å².